The van der Waals surface area contributed by atoms with Crippen molar-refractivity contribution in [3.8, 4) is 0 Å². The summed E-state index contributed by atoms with van der Waals surface area (Å²) >= 11 is 0. The minimum absolute atomic E-state index is 0.0266. The van der Waals surface area contributed by atoms with Crippen molar-refractivity contribution in [2.24, 2.45) is 0 Å². The van der Waals surface area contributed by atoms with Crippen LogP contribution in [0.1, 0.15) is 40.2 Å². The summed E-state index contributed by atoms with van der Waals surface area (Å²) in [4.78, 5) is 17.0. The minimum Gasteiger partial charge on any atom is -0.356 e. The van der Waals surface area contributed by atoms with Gasteiger partial charge in [0.15, 0.2) is 0 Å². The third-order valence-corrected chi connectivity index (χ3v) is 5.88. The van der Waals surface area contributed by atoms with Crippen molar-refractivity contribution in [3.63, 3.8) is 0 Å². The first-order valence-corrected chi connectivity index (χ1v) is 11.0. The zero-order valence-corrected chi connectivity index (χ0v) is 17.7. The van der Waals surface area contributed by atoms with E-state index in [1.807, 2.05) is 54.7 Å². The average Bonchev–Trinajstić information content (AvgIpc) is 3.64. The number of hydrogen-bond donors (Lipinski definition) is 2. The Morgan fingerprint density at radius 1 is 0.969 bits per heavy atom. The first kappa shape index (κ1) is 20.0. The number of allylic oxidation sites excluding steroid dienone is 5. The highest BCUT2D eigenvalue weighted by Gasteiger charge is 2.39. The largest absolute Gasteiger partial charge is 0.356 e. The molecule has 1 saturated carbocycles. The molecular formula is C28H25N3O. The van der Waals surface area contributed by atoms with Gasteiger partial charge in [-0.3, -0.25) is 9.78 Å². The van der Waals surface area contributed by atoms with E-state index in [1.165, 1.54) is 11.1 Å². The first-order valence-electron chi connectivity index (χ1n) is 11.0. The van der Waals surface area contributed by atoms with E-state index in [9.17, 15) is 4.79 Å². The monoisotopic (exact) mass is 419 g/mol. The van der Waals surface area contributed by atoms with Gasteiger partial charge in [-0.1, -0.05) is 54.6 Å². The van der Waals surface area contributed by atoms with E-state index < -0.39 is 0 Å². The molecule has 1 fully saturated rings. The van der Waals surface area contributed by atoms with Crippen LogP contribution in [-0.2, 0) is 0 Å². The fourth-order valence-electron chi connectivity index (χ4n) is 4.06. The molecular weight excluding hydrogens is 394 g/mol. The van der Waals surface area contributed by atoms with Gasteiger partial charge < -0.3 is 10.6 Å². The molecule has 4 nitrogen and oxygen atoms in total. The molecule has 32 heavy (non-hydrogen) atoms. The van der Waals surface area contributed by atoms with Gasteiger partial charge in [0.25, 0.3) is 5.91 Å². The van der Waals surface area contributed by atoms with Crippen molar-refractivity contribution in [1.82, 2.24) is 10.3 Å². The van der Waals surface area contributed by atoms with Crippen LogP contribution in [0.3, 0.4) is 0 Å². The summed E-state index contributed by atoms with van der Waals surface area (Å²) < 4.78 is 0. The van der Waals surface area contributed by atoms with E-state index >= 15 is 0 Å². The van der Waals surface area contributed by atoms with Crippen molar-refractivity contribution in [1.29, 1.82) is 0 Å². The maximum absolute atomic E-state index is 12.8. The lowest BCUT2D eigenvalue weighted by molar-refractivity contribution is 0.0950. The molecule has 1 amide bonds. The van der Waals surface area contributed by atoms with Gasteiger partial charge in [-0.15, -0.1) is 0 Å². The topological polar surface area (TPSA) is 54.0 Å². The lowest BCUT2D eigenvalue weighted by Gasteiger charge is -2.10. The molecule has 2 N–H and O–H groups in total. The Kier molecular flexibility index (Phi) is 5.67. The van der Waals surface area contributed by atoms with Crippen LogP contribution < -0.4 is 10.6 Å². The molecule has 1 aromatic heterocycles. The summed E-state index contributed by atoms with van der Waals surface area (Å²) in [5.41, 5.74) is 6.17. The number of rotatable bonds is 6. The third kappa shape index (κ3) is 4.70. The molecule has 1 heterocycles. The number of carbonyl (C=O) groups excluding carboxylic acids is 1. The Balaban J connectivity index is 1.24. The molecule has 0 saturated heterocycles. The summed E-state index contributed by atoms with van der Waals surface area (Å²) in [6.45, 7) is 0. The summed E-state index contributed by atoms with van der Waals surface area (Å²) in [6.07, 6.45) is 13.9. The van der Waals surface area contributed by atoms with E-state index in [-0.39, 0.29) is 11.9 Å². The molecule has 2 atom stereocenters. The van der Waals surface area contributed by atoms with Gasteiger partial charge in [-0.05, 0) is 66.0 Å². The standard InChI is InChI=1S/C28H25N3O/c32-28(31-27-18-26(27)21-7-2-1-3-8-21)22-10-5-13-25(17-22)30-24-12-4-9-20(14-15-24)23-11-6-16-29-19-23/h1-8,10-17,19,26-27,30H,9,18H2,(H,31,32). The van der Waals surface area contributed by atoms with Gasteiger partial charge in [0.1, 0.15) is 0 Å². The molecule has 0 radical (unpaired) electrons. The normalized spacial score (nSPS) is 19.4. The molecule has 0 bridgehead atoms. The van der Waals surface area contributed by atoms with E-state index in [2.05, 4.69) is 58.1 Å². The molecule has 2 aliphatic rings. The quantitative estimate of drug-likeness (QED) is 0.538. The van der Waals surface area contributed by atoms with Crippen molar-refractivity contribution in [2.75, 3.05) is 5.32 Å². The molecule has 3 aromatic rings. The number of nitrogens with zero attached hydrogens (tertiary/aromatic N) is 1. The fraction of sp³-hybridized carbons (Fsp3) is 0.143. The summed E-state index contributed by atoms with van der Waals surface area (Å²) in [6, 6.07) is 22.3. The van der Waals surface area contributed by atoms with Crippen LogP contribution in [0.25, 0.3) is 5.57 Å². The van der Waals surface area contributed by atoms with Gasteiger partial charge in [-0.2, -0.15) is 0 Å². The van der Waals surface area contributed by atoms with Crippen LogP contribution in [-0.4, -0.2) is 16.9 Å². The highest BCUT2D eigenvalue weighted by Crippen LogP contribution is 2.40. The third-order valence-electron chi connectivity index (χ3n) is 5.88. The number of amides is 1. The number of nitrogens with one attached hydrogen (secondary N) is 2. The van der Waals surface area contributed by atoms with Crippen molar-refractivity contribution in [2.45, 2.75) is 24.8 Å². The SMILES string of the molecule is O=C(NC1CC1c1ccccc1)c1cccc(NC2=CC=C(c3cccnc3)CC=C2)c1. The Bertz CT molecular complexity index is 1200. The molecule has 2 unspecified atom stereocenters. The predicted molar refractivity (Wildman–Crippen MR) is 129 cm³/mol. The summed E-state index contributed by atoms with van der Waals surface area (Å²) in [7, 11) is 0. The van der Waals surface area contributed by atoms with Crippen LogP contribution in [0.2, 0.25) is 0 Å². The van der Waals surface area contributed by atoms with Crippen LogP contribution in [0, 0.1) is 0 Å². The first-order chi connectivity index (χ1) is 15.8. The average molecular weight is 420 g/mol. The molecule has 158 valence electrons. The molecule has 0 aliphatic heterocycles. The van der Waals surface area contributed by atoms with Crippen LogP contribution in [0.4, 0.5) is 5.69 Å². The number of aromatic nitrogens is 1. The van der Waals surface area contributed by atoms with Crippen molar-refractivity contribution in [3.05, 3.63) is 126 Å². The van der Waals surface area contributed by atoms with Crippen LogP contribution >= 0.6 is 0 Å². The number of benzene rings is 2. The van der Waals surface area contributed by atoms with Gasteiger partial charge in [-0.25, -0.2) is 0 Å². The molecule has 0 spiro atoms. The number of pyridine rings is 1. The number of carbonyl (C=O) groups is 1. The highest BCUT2D eigenvalue weighted by atomic mass is 16.1. The Hall–Kier alpha value is -3.92. The highest BCUT2D eigenvalue weighted by molar-refractivity contribution is 5.95. The maximum atomic E-state index is 12.8. The molecule has 2 aliphatic carbocycles. The minimum atomic E-state index is -0.0266. The van der Waals surface area contributed by atoms with E-state index in [0.717, 1.165) is 29.8 Å². The van der Waals surface area contributed by atoms with Gasteiger partial charge in [0, 0.05) is 41.3 Å². The van der Waals surface area contributed by atoms with E-state index in [4.69, 9.17) is 0 Å². The zero-order chi connectivity index (χ0) is 21.8. The predicted octanol–water partition coefficient (Wildman–Crippen LogP) is 5.71. The Labute approximate surface area is 188 Å². The summed E-state index contributed by atoms with van der Waals surface area (Å²) in [5.74, 6) is 0.393. The molecule has 4 heteroatoms. The van der Waals surface area contributed by atoms with Crippen molar-refractivity contribution >= 4 is 17.2 Å². The molecule has 5 rings (SSSR count). The Morgan fingerprint density at radius 3 is 2.72 bits per heavy atom. The van der Waals surface area contributed by atoms with Gasteiger partial charge >= 0.3 is 0 Å². The lowest BCUT2D eigenvalue weighted by Crippen LogP contribution is -2.26. The summed E-state index contributed by atoms with van der Waals surface area (Å²) in [5, 5.41) is 6.60. The Morgan fingerprint density at radius 2 is 1.88 bits per heavy atom. The van der Waals surface area contributed by atoms with E-state index in [0.29, 0.717) is 11.5 Å². The maximum Gasteiger partial charge on any atom is 0.251 e. The van der Waals surface area contributed by atoms with Gasteiger partial charge in [0.2, 0.25) is 0 Å². The number of hydrogen-bond acceptors (Lipinski definition) is 3. The van der Waals surface area contributed by atoms with Crippen LogP contribution in [0.5, 0.6) is 0 Å². The second kappa shape index (κ2) is 9.06. The lowest BCUT2D eigenvalue weighted by atomic mass is 10.1. The van der Waals surface area contributed by atoms with Crippen LogP contribution in [0.15, 0.2) is 109 Å². The fourth-order valence-corrected chi connectivity index (χ4v) is 4.06. The second-order valence-corrected chi connectivity index (χ2v) is 8.20. The second-order valence-electron chi connectivity index (χ2n) is 8.20. The zero-order valence-electron chi connectivity index (χ0n) is 17.7. The molecule has 2 aromatic carbocycles. The number of anilines is 1. The van der Waals surface area contributed by atoms with E-state index in [1.54, 1.807) is 6.20 Å². The smallest absolute Gasteiger partial charge is 0.251 e. The van der Waals surface area contributed by atoms with Gasteiger partial charge in [0.05, 0.1) is 0 Å². The van der Waals surface area contributed by atoms with Crippen molar-refractivity contribution < 1.29 is 4.79 Å².